The molecule has 4 aromatic rings. The standard InChI is InChI=1S/C32H32FN7OS/c1-42-24-6-2-5-19-15-22(41)16-23(26(19)24)28-27(33)29-30(38-37-28)31(40-18-20-7-8-21(40)17-34-20)36-25(35-29)9-12-32-10-3-13-39(32)14-4-11-32/h2,5-6,15-16,20-21,34,41H,3-4,7-8,10-11,13-14,17-18H2,1H3/t20-,21-/m1/s1. The number of hydrogen-bond acceptors (Lipinski definition) is 9. The molecule has 0 radical (unpaired) electrons. The minimum Gasteiger partial charge on any atom is -0.508 e. The van der Waals surface area contributed by atoms with E-state index in [1.807, 2.05) is 24.5 Å². The molecule has 5 saturated heterocycles. The molecule has 0 saturated carbocycles. The van der Waals surface area contributed by atoms with Gasteiger partial charge in [0.25, 0.3) is 0 Å². The molecular formula is C32H32FN7OS. The molecule has 7 heterocycles. The SMILES string of the molecule is CSc1cccc2cc(O)cc(-c3nnc4c(N5C[C@H]6CC[C@@H]5CN6)nc(C#CC56CCCN5CCC6)nc4c3F)c12. The van der Waals surface area contributed by atoms with E-state index in [-0.39, 0.29) is 28.5 Å². The first-order chi connectivity index (χ1) is 20.5. The molecule has 0 aliphatic carbocycles. The maximum Gasteiger partial charge on any atom is 0.207 e. The molecule has 0 spiro atoms. The summed E-state index contributed by atoms with van der Waals surface area (Å²) in [6, 6.07) is 9.69. The molecule has 5 aliphatic rings. The van der Waals surface area contributed by atoms with Gasteiger partial charge in [0.1, 0.15) is 17.0 Å². The van der Waals surface area contributed by atoms with Crippen LogP contribution >= 0.6 is 11.8 Å². The Labute approximate surface area is 248 Å². The van der Waals surface area contributed by atoms with Crippen LogP contribution in [-0.4, -0.2) is 80.2 Å². The van der Waals surface area contributed by atoms with E-state index < -0.39 is 5.82 Å². The molecule has 10 heteroatoms. The maximum absolute atomic E-state index is 16.8. The second kappa shape index (κ2) is 10.0. The van der Waals surface area contributed by atoms with E-state index in [4.69, 9.17) is 9.97 Å². The van der Waals surface area contributed by atoms with Gasteiger partial charge in [0.2, 0.25) is 5.82 Å². The third-order valence-corrected chi connectivity index (χ3v) is 10.4. The summed E-state index contributed by atoms with van der Waals surface area (Å²) in [6.45, 7) is 3.79. The molecule has 0 unspecified atom stereocenters. The summed E-state index contributed by atoms with van der Waals surface area (Å²) >= 11 is 1.57. The lowest BCUT2D eigenvalue weighted by molar-refractivity contribution is 0.261. The highest BCUT2D eigenvalue weighted by atomic mass is 32.2. The van der Waals surface area contributed by atoms with Crippen LogP contribution < -0.4 is 10.2 Å². The fourth-order valence-corrected chi connectivity index (χ4v) is 8.20. The number of piperazine rings is 1. The average Bonchev–Trinajstić information content (AvgIpc) is 3.60. The number of thioether (sulfide) groups is 1. The molecule has 5 fully saturated rings. The van der Waals surface area contributed by atoms with E-state index in [1.165, 1.54) is 0 Å². The molecular weight excluding hydrogens is 549 g/mol. The number of phenols is 1. The van der Waals surface area contributed by atoms with Crippen LogP contribution in [0.5, 0.6) is 5.75 Å². The monoisotopic (exact) mass is 581 g/mol. The van der Waals surface area contributed by atoms with Crippen LogP contribution in [0.3, 0.4) is 0 Å². The number of benzene rings is 2. The lowest BCUT2D eigenvalue weighted by atomic mass is 9.93. The first kappa shape index (κ1) is 26.1. The van der Waals surface area contributed by atoms with E-state index in [0.29, 0.717) is 28.8 Å². The van der Waals surface area contributed by atoms with Crippen molar-refractivity contribution in [3.63, 3.8) is 0 Å². The van der Waals surface area contributed by atoms with Crippen LogP contribution in [0.4, 0.5) is 10.2 Å². The van der Waals surface area contributed by atoms with Gasteiger partial charge in [-0.2, -0.15) is 0 Å². The predicted molar refractivity (Wildman–Crippen MR) is 163 cm³/mol. The molecule has 2 aromatic heterocycles. The summed E-state index contributed by atoms with van der Waals surface area (Å²) < 4.78 is 16.8. The minimum absolute atomic E-state index is 0.0424. The summed E-state index contributed by atoms with van der Waals surface area (Å²) in [5.41, 5.74) is 0.898. The predicted octanol–water partition coefficient (Wildman–Crippen LogP) is 4.73. The van der Waals surface area contributed by atoms with Gasteiger partial charge in [-0.25, -0.2) is 14.4 Å². The van der Waals surface area contributed by atoms with Crippen molar-refractivity contribution in [1.82, 2.24) is 30.4 Å². The highest BCUT2D eigenvalue weighted by molar-refractivity contribution is 7.98. The lowest BCUT2D eigenvalue weighted by Gasteiger charge is -2.46. The van der Waals surface area contributed by atoms with Crippen molar-refractivity contribution in [3.05, 3.63) is 42.0 Å². The molecule has 2 aromatic carbocycles. The van der Waals surface area contributed by atoms with Crippen molar-refractivity contribution in [2.24, 2.45) is 0 Å². The van der Waals surface area contributed by atoms with Crippen molar-refractivity contribution in [3.8, 4) is 28.8 Å². The van der Waals surface area contributed by atoms with Gasteiger partial charge in [0.15, 0.2) is 17.2 Å². The molecule has 42 heavy (non-hydrogen) atoms. The number of nitrogens with one attached hydrogen (secondary N) is 1. The van der Waals surface area contributed by atoms with Crippen molar-refractivity contribution >= 4 is 39.4 Å². The third kappa shape index (κ3) is 4.13. The van der Waals surface area contributed by atoms with Crippen LogP contribution in [0.2, 0.25) is 0 Å². The highest BCUT2D eigenvalue weighted by Crippen LogP contribution is 2.41. The van der Waals surface area contributed by atoms with Crippen LogP contribution in [0.15, 0.2) is 35.2 Å². The largest absolute Gasteiger partial charge is 0.508 e. The average molecular weight is 582 g/mol. The fourth-order valence-electron chi connectivity index (χ4n) is 7.56. The zero-order valence-electron chi connectivity index (χ0n) is 23.5. The molecule has 214 valence electrons. The Morgan fingerprint density at radius 2 is 1.95 bits per heavy atom. The normalized spacial score (nSPS) is 23.0. The van der Waals surface area contributed by atoms with Crippen molar-refractivity contribution in [2.45, 2.75) is 61.0 Å². The summed E-state index contributed by atoms with van der Waals surface area (Å²) in [7, 11) is 0. The zero-order chi connectivity index (χ0) is 28.4. The fraction of sp³-hybridized carbons (Fsp3) is 0.438. The van der Waals surface area contributed by atoms with Gasteiger partial charge in [0.05, 0.1) is 5.54 Å². The molecule has 2 N–H and O–H groups in total. The Hall–Kier alpha value is -3.52. The van der Waals surface area contributed by atoms with Gasteiger partial charge in [0, 0.05) is 41.0 Å². The van der Waals surface area contributed by atoms with Crippen molar-refractivity contribution in [2.75, 3.05) is 37.3 Å². The number of piperidine rings is 2. The van der Waals surface area contributed by atoms with E-state index in [0.717, 1.165) is 80.4 Å². The number of fused-ring (bicyclic) bond motifs is 6. The number of phenolic OH excluding ortho intramolecular Hbond substituents is 1. The Balaban J connectivity index is 1.33. The number of hydrogen-bond donors (Lipinski definition) is 2. The Bertz CT molecular complexity index is 1790. The summed E-state index contributed by atoms with van der Waals surface area (Å²) in [6.07, 6.45) is 8.53. The third-order valence-electron chi connectivity index (χ3n) is 9.60. The van der Waals surface area contributed by atoms with Gasteiger partial charge in [-0.15, -0.1) is 22.0 Å². The molecule has 2 bridgehead atoms. The smallest absolute Gasteiger partial charge is 0.207 e. The zero-order valence-corrected chi connectivity index (χ0v) is 24.3. The van der Waals surface area contributed by atoms with Gasteiger partial charge in [-0.05, 0) is 87.4 Å². The molecule has 8 nitrogen and oxygen atoms in total. The molecule has 9 rings (SSSR count). The summed E-state index contributed by atoms with van der Waals surface area (Å²) in [5, 5.41) is 24.8. The minimum atomic E-state index is -0.573. The topological polar surface area (TPSA) is 90.3 Å². The van der Waals surface area contributed by atoms with E-state index >= 15 is 4.39 Å². The molecule has 2 atom stereocenters. The second-order valence-corrected chi connectivity index (χ2v) is 12.8. The Morgan fingerprint density at radius 1 is 1.10 bits per heavy atom. The van der Waals surface area contributed by atoms with Crippen LogP contribution in [0.1, 0.15) is 44.3 Å². The molecule has 0 amide bonds. The second-order valence-electron chi connectivity index (χ2n) is 11.9. The Morgan fingerprint density at radius 3 is 2.69 bits per heavy atom. The summed E-state index contributed by atoms with van der Waals surface area (Å²) in [4.78, 5) is 15.3. The molecule has 5 aliphatic heterocycles. The van der Waals surface area contributed by atoms with Crippen LogP contribution in [0, 0.1) is 17.7 Å². The highest BCUT2D eigenvalue weighted by Gasteiger charge is 2.43. The Kier molecular flexibility index (Phi) is 6.25. The number of aromatic hydroxyl groups is 1. The van der Waals surface area contributed by atoms with Gasteiger partial charge < -0.3 is 15.3 Å². The lowest BCUT2D eigenvalue weighted by Crippen LogP contribution is -2.61. The maximum atomic E-state index is 16.8. The van der Waals surface area contributed by atoms with Crippen LogP contribution in [-0.2, 0) is 0 Å². The van der Waals surface area contributed by atoms with Crippen molar-refractivity contribution in [1.29, 1.82) is 0 Å². The number of aromatic nitrogens is 4. The van der Waals surface area contributed by atoms with Gasteiger partial charge in [-0.1, -0.05) is 18.1 Å². The number of nitrogens with zero attached hydrogens (tertiary/aromatic N) is 6. The number of rotatable bonds is 3. The van der Waals surface area contributed by atoms with Gasteiger partial charge in [-0.3, -0.25) is 4.90 Å². The first-order valence-corrected chi connectivity index (χ1v) is 16.1. The van der Waals surface area contributed by atoms with Crippen LogP contribution in [0.25, 0.3) is 33.1 Å². The number of halogens is 1. The van der Waals surface area contributed by atoms with E-state index in [2.05, 4.69) is 37.2 Å². The van der Waals surface area contributed by atoms with Gasteiger partial charge >= 0.3 is 0 Å². The summed E-state index contributed by atoms with van der Waals surface area (Å²) in [5.74, 6) is 7.23. The quantitative estimate of drug-likeness (QED) is 0.263. The van der Waals surface area contributed by atoms with Crippen molar-refractivity contribution < 1.29 is 9.50 Å². The van der Waals surface area contributed by atoms with E-state index in [1.54, 1.807) is 23.9 Å². The van der Waals surface area contributed by atoms with E-state index in [9.17, 15) is 5.11 Å². The first-order valence-electron chi connectivity index (χ1n) is 14.9. The number of anilines is 1.